The molecule has 2 aliphatic heterocycles. The van der Waals surface area contributed by atoms with Gasteiger partial charge in [0.1, 0.15) is 0 Å². The normalized spacial score (nSPS) is 12.5. The molecule has 7 heteroatoms. The van der Waals surface area contributed by atoms with Crippen LogP contribution in [0.5, 0.6) is 23.0 Å². The van der Waals surface area contributed by atoms with Crippen LogP contribution in [0.2, 0.25) is 0 Å². The monoisotopic (exact) mass is 659 g/mol. The topological polar surface area (TPSA) is 55.7 Å². The number of benzene rings is 7. The van der Waals surface area contributed by atoms with Gasteiger partial charge >= 0.3 is 0 Å². The fraction of sp³-hybridized carbons (Fsp3) is 0. The molecule has 0 amide bonds. The number of anilines is 6. The fourth-order valence-corrected chi connectivity index (χ4v) is 6.86. The predicted molar refractivity (Wildman–Crippen MR) is 202 cm³/mol. The maximum absolute atomic E-state index is 6.23. The van der Waals surface area contributed by atoms with Gasteiger partial charge in [0.25, 0.3) is 0 Å². The average Bonchev–Trinajstić information content (AvgIpc) is 3.65. The van der Waals surface area contributed by atoms with E-state index >= 15 is 0 Å². The van der Waals surface area contributed by atoms with Crippen LogP contribution in [0.25, 0.3) is 28.5 Å². The zero-order valence-electron chi connectivity index (χ0n) is 27.3. The Hall–Kier alpha value is -7.12. The van der Waals surface area contributed by atoms with Gasteiger partial charge in [0, 0.05) is 22.5 Å². The molecule has 0 aliphatic carbocycles. The van der Waals surface area contributed by atoms with E-state index in [1.54, 1.807) is 0 Å². The standard InChI is InChI=1S/C44H29N5O2/c1-2-12-34(13-3-1)49-44(31-24-28-33(29-25-31)48-37-16-6-10-20-41(37)51-42-21-11-7-17-38(42)48)45-43(46-49)30-22-26-32(27-23-30)47-35-14-4-8-18-39(35)50-40-19-9-5-15-36(40)47/h1-29H. The zero-order valence-corrected chi connectivity index (χ0v) is 27.3. The van der Waals surface area contributed by atoms with Crippen molar-refractivity contribution in [1.29, 1.82) is 0 Å². The minimum atomic E-state index is 0.642. The van der Waals surface area contributed by atoms with Gasteiger partial charge in [0.05, 0.1) is 28.4 Å². The van der Waals surface area contributed by atoms with E-state index in [1.165, 1.54) is 0 Å². The summed E-state index contributed by atoms with van der Waals surface area (Å²) < 4.78 is 14.4. The lowest BCUT2D eigenvalue weighted by Gasteiger charge is -2.32. The summed E-state index contributed by atoms with van der Waals surface area (Å²) in [6.07, 6.45) is 0. The molecule has 0 saturated carbocycles. The summed E-state index contributed by atoms with van der Waals surface area (Å²) in [5, 5.41) is 5.06. The number of hydrogen-bond donors (Lipinski definition) is 0. The van der Waals surface area contributed by atoms with Gasteiger partial charge in [-0.05, 0) is 109 Å². The van der Waals surface area contributed by atoms with E-state index in [4.69, 9.17) is 19.6 Å². The Labute approximate surface area is 294 Å². The van der Waals surface area contributed by atoms with Gasteiger partial charge in [-0.2, -0.15) is 0 Å². The van der Waals surface area contributed by atoms with Crippen molar-refractivity contribution in [3.05, 3.63) is 176 Å². The van der Waals surface area contributed by atoms with Crippen LogP contribution < -0.4 is 19.3 Å². The minimum Gasteiger partial charge on any atom is -0.453 e. The Morgan fingerprint density at radius 3 is 1.20 bits per heavy atom. The molecule has 7 aromatic carbocycles. The van der Waals surface area contributed by atoms with Crippen molar-refractivity contribution >= 4 is 34.1 Å². The Balaban J connectivity index is 1.03. The third-order valence-corrected chi connectivity index (χ3v) is 9.24. The number of para-hydroxylation sites is 9. The van der Waals surface area contributed by atoms with E-state index in [9.17, 15) is 0 Å². The van der Waals surface area contributed by atoms with E-state index in [0.717, 1.165) is 79.8 Å². The van der Waals surface area contributed by atoms with Gasteiger partial charge < -0.3 is 19.3 Å². The summed E-state index contributed by atoms with van der Waals surface area (Å²) in [6, 6.07) is 59.5. The number of nitrogens with zero attached hydrogens (tertiary/aromatic N) is 5. The summed E-state index contributed by atoms with van der Waals surface area (Å²) in [5.41, 5.74) is 8.82. The van der Waals surface area contributed by atoms with E-state index in [-0.39, 0.29) is 0 Å². The maximum atomic E-state index is 6.23. The molecular weight excluding hydrogens is 631 g/mol. The first-order valence-corrected chi connectivity index (χ1v) is 16.8. The van der Waals surface area contributed by atoms with E-state index in [0.29, 0.717) is 5.82 Å². The van der Waals surface area contributed by atoms with Gasteiger partial charge in [-0.25, -0.2) is 9.67 Å². The van der Waals surface area contributed by atoms with Crippen LogP contribution >= 0.6 is 0 Å². The van der Waals surface area contributed by atoms with Crippen LogP contribution in [-0.4, -0.2) is 14.8 Å². The molecule has 8 aromatic rings. The lowest BCUT2D eigenvalue weighted by molar-refractivity contribution is 0.477. The Morgan fingerprint density at radius 1 is 0.353 bits per heavy atom. The molecule has 0 bridgehead atoms. The quantitative estimate of drug-likeness (QED) is 0.183. The smallest absolute Gasteiger partial charge is 0.182 e. The summed E-state index contributed by atoms with van der Waals surface area (Å²) in [6.45, 7) is 0. The molecule has 0 atom stereocenters. The first-order chi connectivity index (χ1) is 25.3. The van der Waals surface area contributed by atoms with Crippen LogP contribution in [0.15, 0.2) is 176 Å². The third kappa shape index (κ3) is 4.90. The Morgan fingerprint density at radius 2 is 0.745 bits per heavy atom. The van der Waals surface area contributed by atoms with Crippen molar-refractivity contribution in [2.45, 2.75) is 0 Å². The molecule has 3 heterocycles. The lowest BCUT2D eigenvalue weighted by atomic mass is 10.1. The zero-order chi connectivity index (χ0) is 33.7. The minimum absolute atomic E-state index is 0.642. The third-order valence-electron chi connectivity index (χ3n) is 9.24. The fourth-order valence-electron chi connectivity index (χ4n) is 6.86. The molecule has 1 aromatic heterocycles. The van der Waals surface area contributed by atoms with Crippen LogP contribution in [0.4, 0.5) is 34.1 Å². The highest BCUT2D eigenvalue weighted by atomic mass is 16.5. The second kappa shape index (κ2) is 11.8. The molecule has 0 spiro atoms. The Kier molecular flexibility index (Phi) is 6.67. The van der Waals surface area contributed by atoms with Crippen molar-refractivity contribution in [3.63, 3.8) is 0 Å². The highest BCUT2D eigenvalue weighted by Crippen LogP contribution is 2.51. The van der Waals surface area contributed by atoms with E-state index in [1.807, 2.05) is 108 Å². The van der Waals surface area contributed by atoms with E-state index < -0.39 is 0 Å². The van der Waals surface area contributed by atoms with Crippen molar-refractivity contribution < 1.29 is 9.47 Å². The summed E-state index contributed by atoms with van der Waals surface area (Å²) >= 11 is 0. The molecule has 2 aliphatic rings. The number of ether oxygens (including phenoxy) is 2. The van der Waals surface area contributed by atoms with Gasteiger partial charge in [0.2, 0.25) is 0 Å². The van der Waals surface area contributed by atoms with Crippen LogP contribution in [0, 0.1) is 0 Å². The average molecular weight is 660 g/mol. The maximum Gasteiger partial charge on any atom is 0.182 e. The molecule has 0 saturated heterocycles. The highest BCUT2D eigenvalue weighted by Gasteiger charge is 2.27. The molecular formula is C44H29N5O2. The number of aromatic nitrogens is 3. The summed E-state index contributed by atoms with van der Waals surface area (Å²) in [4.78, 5) is 9.60. The van der Waals surface area contributed by atoms with Gasteiger partial charge in [0.15, 0.2) is 34.6 Å². The molecule has 242 valence electrons. The molecule has 0 unspecified atom stereocenters. The molecule has 51 heavy (non-hydrogen) atoms. The van der Waals surface area contributed by atoms with Gasteiger partial charge in [-0.15, -0.1) is 5.10 Å². The molecule has 7 nitrogen and oxygen atoms in total. The van der Waals surface area contributed by atoms with Crippen LogP contribution in [0.3, 0.4) is 0 Å². The van der Waals surface area contributed by atoms with Gasteiger partial charge in [-0.1, -0.05) is 66.7 Å². The van der Waals surface area contributed by atoms with Crippen molar-refractivity contribution in [2.75, 3.05) is 9.80 Å². The number of fused-ring (bicyclic) bond motifs is 4. The lowest BCUT2D eigenvalue weighted by Crippen LogP contribution is -2.15. The first-order valence-electron chi connectivity index (χ1n) is 16.8. The Bertz CT molecular complexity index is 2450. The summed E-state index contributed by atoms with van der Waals surface area (Å²) in [7, 11) is 0. The molecule has 0 radical (unpaired) electrons. The summed E-state index contributed by atoms with van der Waals surface area (Å²) in [5.74, 6) is 4.68. The highest BCUT2D eigenvalue weighted by molar-refractivity contribution is 5.88. The second-order valence-corrected chi connectivity index (χ2v) is 12.3. The number of rotatable bonds is 5. The second-order valence-electron chi connectivity index (χ2n) is 12.3. The molecule has 0 N–H and O–H groups in total. The number of hydrogen-bond acceptors (Lipinski definition) is 6. The van der Waals surface area contributed by atoms with Crippen LogP contribution in [-0.2, 0) is 0 Å². The SMILES string of the molecule is c1ccc(-n2nc(-c3ccc(N4c5ccccc5Oc5ccccc54)cc3)nc2-c2ccc(N3c4ccccc4Oc4ccccc43)cc2)cc1. The van der Waals surface area contributed by atoms with Crippen molar-refractivity contribution in [2.24, 2.45) is 0 Å². The molecule has 0 fully saturated rings. The van der Waals surface area contributed by atoms with Crippen molar-refractivity contribution in [3.8, 4) is 51.5 Å². The first kappa shape index (κ1) is 28.9. The predicted octanol–water partition coefficient (Wildman–Crippen LogP) is 11.8. The van der Waals surface area contributed by atoms with E-state index in [2.05, 4.69) is 82.6 Å². The van der Waals surface area contributed by atoms with Crippen molar-refractivity contribution in [1.82, 2.24) is 14.8 Å². The van der Waals surface area contributed by atoms with Gasteiger partial charge in [-0.3, -0.25) is 0 Å². The molecule has 10 rings (SSSR count). The van der Waals surface area contributed by atoms with Crippen LogP contribution in [0.1, 0.15) is 0 Å². The largest absolute Gasteiger partial charge is 0.453 e.